The number of carbonyl (C=O) groups is 1. The number of alkyl halides is 2. The van der Waals surface area contributed by atoms with Crippen LogP contribution in [0.4, 0.5) is 4.39 Å². The average Bonchev–Trinajstić information content (AvgIpc) is 3.89. The Kier molecular flexibility index (Phi) is 33.6. The molecule has 360 valence electrons. The molecule has 4 heterocycles. The van der Waals surface area contributed by atoms with Gasteiger partial charge < -0.3 is 21.4 Å². The maximum absolute atomic E-state index is 11.5. The van der Waals surface area contributed by atoms with E-state index in [9.17, 15) is 17.9 Å². The number of rotatable bonds is 10. The van der Waals surface area contributed by atoms with Gasteiger partial charge in [-0.1, -0.05) is 87.1 Å². The van der Waals surface area contributed by atoms with Crippen molar-refractivity contribution in [2.24, 2.45) is 0 Å². The molecule has 0 amide bonds. The van der Waals surface area contributed by atoms with Crippen molar-refractivity contribution in [3.63, 3.8) is 0 Å². The Hall–Kier alpha value is -3.04. The smallest absolute Gasteiger partial charge is 1.00 e. The van der Waals surface area contributed by atoms with Crippen LogP contribution in [0.25, 0.3) is 56.1 Å². The van der Waals surface area contributed by atoms with Crippen molar-refractivity contribution in [1.29, 1.82) is 0 Å². The number of benzene rings is 5. The van der Waals surface area contributed by atoms with Crippen LogP contribution in [0.2, 0.25) is 0 Å². The number of nitrogens with zero attached hydrogens (tertiary/aromatic N) is 6. The first-order valence-electron chi connectivity index (χ1n) is 19.9. The molecule has 0 radical (unpaired) electrons. The quantitative estimate of drug-likeness (QED) is 0.0466. The summed E-state index contributed by atoms with van der Waals surface area (Å²) >= 11 is 3.35. The number of hydrogen-bond acceptors (Lipinski definition) is 12. The minimum Gasteiger partial charge on any atom is -1.00 e. The van der Waals surface area contributed by atoms with Gasteiger partial charge >= 0.3 is 103 Å². The molecule has 0 aliphatic heterocycles. The number of hydrogen-bond donors (Lipinski definition) is 1. The summed E-state index contributed by atoms with van der Waals surface area (Å²) in [5, 5.41) is 18.6. The van der Waals surface area contributed by atoms with E-state index in [1.54, 1.807) is 36.4 Å². The molecule has 1 N–H and O–H groups in total. The van der Waals surface area contributed by atoms with Gasteiger partial charge in [-0.25, -0.2) is 19.9 Å². The van der Waals surface area contributed by atoms with E-state index >= 15 is 0 Å². The SMILES string of the molecule is Br.BrCCOc1ccc(-c2ccn3c(n2)nc2ccccc23)cc1.C.C.C.CCCOS(=O)(=O)c1ccc(C)cc1.O=CO[O-].Oc1ccc(-c2ccn3c(n2)nc2ccccc23)cc1.[2H]CF.[H-].[K+].[K+]. The fraction of sp³-hybridized carbons (Fsp3) is 0.204. The van der Waals surface area contributed by atoms with Crippen LogP contribution in [0.5, 0.6) is 11.5 Å². The number of fused-ring (bicyclic) bond motifs is 6. The predicted molar refractivity (Wildman–Crippen MR) is 273 cm³/mol. The van der Waals surface area contributed by atoms with E-state index in [0.29, 0.717) is 24.6 Å². The third kappa shape index (κ3) is 19.5. The summed E-state index contributed by atoms with van der Waals surface area (Å²) in [6, 6.07) is 41.5. The van der Waals surface area contributed by atoms with Crippen LogP contribution in [0, 0.1) is 6.92 Å². The first-order chi connectivity index (χ1) is 31.0. The molecule has 0 aliphatic carbocycles. The third-order valence-corrected chi connectivity index (χ3v) is 10.5. The second-order valence-corrected chi connectivity index (χ2v) is 15.5. The van der Waals surface area contributed by atoms with Crippen molar-refractivity contribution >= 4 is 83.1 Å². The summed E-state index contributed by atoms with van der Waals surface area (Å²) in [6.07, 6.45) is 4.67. The number of ether oxygens (including phenoxy) is 1. The van der Waals surface area contributed by atoms with Crippen LogP contribution in [0.15, 0.2) is 151 Å². The number of aryl methyl sites for hydroxylation is 1. The zero-order chi connectivity index (χ0) is 45.9. The first kappa shape index (κ1) is 66.0. The first-order valence-corrected chi connectivity index (χ1v) is 21.7. The number of halogens is 3. The number of aromatic nitrogens is 6. The summed E-state index contributed by atoms with van der Waals surface area (Å²) in [7, 11) is -4.54. The molecule has 0 saturated heterocycles. The molecule has 14 nitrogen and oxygen atoms in total. The molecule has 5 aromatic carbocycles. The van der Waals surface area contributed by atoms with Crippen LogP contribution >= 0.6 is 32.9 Å². The minimum atomic E-state index is -3.54. The van der Waals surface area contributed by atoms with Gasteiger partial charge in [-0.2, -0.15) is 8.42 Å². The fourth-order valence-corrected chi connectivity index (χ4v) is 7.05. The molecule has 0 bridgehead atoms. The van der Waals surface area contributed by atoms with Crippen LogP contribution in [-0.2, 0) is 24.0 Å². The molecule has 9 aromatic rings. The molecule has 0 aliphatic rings. The number of phenols is 1. The minimum absolute atomic E-state index is 0. The second-order valence-electron chi connectivity index (χ2n) is 13.1. The van der Waals surface area contributed by atoms with Crippen molar-refractivity contribution in [3.05, 3.63) is 151 Å². The summed E-state index contributed by atoms with van der Waals surface area (Å²) in [5.74, 6) is 2.50. The van der Waals surface area contributed by atoms with Crippen LogP contribution in [0.1, 0.15) is 44.0 Å². The zero-order valence-corrected chi connectivity index (χ0v) is 46.9. The predicted octanol–water partition coefficient (Wildman–Crippen LogP) is 5.32. The molecule has 0 unspecified atom stereocenters. The van der Waals surface area contributed by atoms with E-state index in [-0.39, 0.29) is 167 Å². The van der Waals surface area contributed by atoms with Gasteiger partial charge in [0.05, 0.1) is 60.1 Å². The van der Waals surface area contributed by atoms with Gasteiger partial charge in [0.1, 0.15) is 11.5 Å². The maximum Gasteiger partial charge on any atom is 1.00 e. The summed E-state index contributed by atoms with van der Waals surface area (Å²) in [6.45, 7) is 4.48. The number of para-hydroxylation sites is 4. The molecule has 0 fully saturated rings. The Morgan fingerprint density at radius 2 is 1.17 bits per heavy atom. The van der Waals surface area contributed by atoms with Crippen molar-refractivity contribution < 1.29 is 147 Å². The standard InChI is InChI=1S/C18H14BrN3O.C16H11N3O.C10H14O3S.CH3F.CH2O3.3CH4.BrH.2K.H/c19-10-12-23-14-7-5-13(6-8-14)15-9-11-22-17-4-2-1-3-16(17)21-18(22)20-15;20-12-7-5-11(6-8-12)13-9-10-19-15-4-2-1-3-14(15)18-16(19)17-13;1-3-8-13-14(11,12)10-6-4-9(2)5-7-10;1-2;2-1-4-3;;;;;;;/h1-9,11H,10,12H2;1-10,20H;4-7H,3,8H2,1-2H3;1H3;1,3H;3*1H4;1H;;;/q;;;;;;;;;2*+1;-1/p-1/i;;;1D;;;;;;;;. The van der Waals surface area contributed by atoms with Gasteiger partial charge in [-0.15, -0.1) is 17.0 Å². The third-order valence-electron chi connectivity index (χ3n) is 8.81. The second kappa shape index (κ2) is 35.1. The Morgan fingerprint density at radius 1 is 0.739 bits per heavy atom. The van der Waals surface area contributed by atoms with Gasteiger partial charge in [0.2, 0.25) is 11.6 Å². The molecule has 0 saturated carbocycles. The van der Waals surface area contributed by atoms with Gasteiger partial charge in [0.15, 0.2) is 0 Å². The maximum atomic E-state index is 11.5. The Bertz CT molecular complexity index is 3000. The van der Waals surface area contributed by atoms with Gasteiger partial charge in [0, 0.05) is 28.9 Å². The van der Waals surface area contributed by atoms with Gasteiger partial charge in [-0.05, 0) is 110 Å². The van der Waals surface area contributed by atoms with Crippen LogP contribution in [-0.4, -0.2) is 74.4 Å². The number of aromatic hydroxyl groups is 1. The number of carbonyl (C=O) groups excluding carboxylic acids is 1. The fourth-order valence-electron chi connectivity index (χ4n) is 5.89. The molecule has 69 heavy (non-hydrogen) atoms. The number of imidazole rings is 2. The molecule has 4 aromatic heterocycles. The monoisotopic (exact) mass is 1150 g/mol. The van der Waals surface area contributed by atoms with Gasteiger partial charge in [0.25, 0.3) is 16.6 Å². The summed E-state index contributed by atoms with van der Waals surface area (Å²) in [4.78, 5) is 29.8. The molecule has 0 atom stereocenters. The molecular formula is C49H57Br2FK2N6O8S. The Balaban J connectivity index is -0.000000892. The van der Waals surface area contributed by atoms with E-state index < -0.39 is 17.3 Å². The molecule has 9 rings (SSSR count). The van der Waals surface area contributed by atoms with E-state index in [0.717, 1.165) is 61.2 Å². The van der Waals surface area contributed by atoms with Crippen molar-refractivity contribution in [2.75, 3.05) is 25.7 Å². The van der Waals surface area contributed by atoms with E-state index in [1.165, 1.54) is 0 Å². The van der Waals surface area contributed by atoms with Crippen LogP contribution < -0.4 is 113 Å². The van der Waals surface area contributed by atoms with Gasteiger partial charge in [-0.3, -0.25) is 22.2 Å². The van der Waals surface area contributed by atoms with Crippen molar-refractivity contribution in [1.82, 2.24) is 28.7 Å². The largest absolute Gasteiger partial charge is 1.00 e. The van der Waals surface area contributed by atoms with Crippen molar-refractivity contribution in [2.45, 2.75) is 47.4 Å². The van der Waals surface area contributed by atoms with E-state index in [2.05, 4.69) is 40.8 Å². The Labute approximate surface area is 510 Å². The van der Waals surface area contributed by atoms with Crippen LogP contribution in [0.3, 0.4) is 0 Å². The molecule has 20 heteroatoms. The molecule has 0 spiro atoms. The normalized spacial score (nSPS) is 9.90. The zero-order valence-electron chi connectivity index (χ0n) is 38.5. The van der Waals surface area contributed by atoms with E-state index in [4.69, 9.17) is 20.3 Å². The van der Waals surface area contributed by atoms with Crippen molar-refractivity contribution in [3.8, 4) is 34.0 Å². The Morgan fingerprint density at radius 3 is 1.59 bits per heavy atom. The topological polar surface area (TPSA) is 183 Å². The summed E-state index contributed by atoms with van der Waals surface area (Å²) in [5.41, 5.74) is 8.78. The molecular weight excluding hydrogens is 1090 g/mol. The van der Waals surface area contributed by atoms with E-state index in [1.807, 2.05) is 132 Å². The number of phenolic OH excluding ortho intramolecular Hbond substituents is 1. The summed E-state index contributed by atoms with van der Waals surface area (Å²) < 4.78 is 52.8. The average molecular weight is 1150 g/mol.